The van der Waals surface area contributed by atoms with E-state index >= 15 is 0 Å². The first-order valence-electron chi connectivity index (χ1n) is 7.13. The number of hydrogen-bond acceptors (Lipinski definition) is 2. The maximum absolute atomic E-state index is 6.41. The molecule has 1 heterocycles. The number of halogens is 1. The first kappa shape index (κ1) is 14.4. The van der Waals surface area contributed by atoms with E-state index in [1.165, 1.54) is 5.56 Å². The molecule has 0 radical (unpaired) electrons. The highest BCUT2D eigenvalue weighted by molar-refractivity contribution is 9.10. The van der Waals surface area contributed by atoms with Crippen LogP contribution >= 0.6 is 15.9 Å². The van der Waals surface area contributed by atoms with Gasteiger partial charge in [-0.2, -0.15) is 0 Å². The van der Waals surface area contributed by atoms with Crippen LogP contribution in [0.25, 0.3) is 11.0 Å². The number of benzene rings is 2. The lowest BCUT2D eigenvalue weighted by Crippen LogP contribution is -2.12. The summed E-state index contributed by atoms with van der Waals surface area (Å²) in [5.41, 5.74) is 10.8. The lowest BCUT2D eigenvalue weighted by molar-refractivity contribution is 0.521. The fraction of sp³-hybridized carbons (Fsp3) is 0.222. The SMILES string of the molecule is CCc1ccc(C(N)c2oc3ccc(Br)cc3c2C)cc1. The molecule has 2 aromatic carbocycles. The van der Waals surface area contributed by atoms with Gasteiger partial charge >= 0.3 is 0 Å². The van der Waals surface area contributed by atoms with Crippen molar-refractivity contribution in [1.29, 1.82) is 0 Å². The minimum Gasteiger partial charge on any atom is -0.459 e. The van der Waals surface area contributed by atoms with Gasteiger partial charge in [0.15, 0.2) is 0 Å². The fourth-order valence-corrected chi connectivity index (χ4v) is 2.98. The lowest BCUT2D eigenvalue weighted by Gasteiger charge is -2.11. The van der Waals surface area contributed by atoms with Crippen LogP contribution in [0.1, 0.15) is 35.4 Å². The quantitative estimate of drug-likeness (QED) is 0.717. The molecule has 1 atom stereocenters. The molecule has 0 saturated carbocycles. The molecule has 0 saturated heterocycles. The molecule has 0 amide bonds. The summed E-state index contributed by atoms with van der Waals surface area (Å²) >= 11 is 3.50. The predicted octanol–water partition coefficient (Wildman–Crippen LogP) is 5.11. The smallest absolute Gasteiger partial charge is 0.134 e. The molecule has 3 heteroatoms. The van der Waals surface area contributed by atoms with Crippen molar-refractivity contribution in [3.05, 3.63) is 69.4 Å². The number of hydrogen-bond donors (Lipinski definition) is 1. The molecule has 3 aromatic rings. The Balaban J connectivity index is 2.04. The highest BCUT2D eigenvalue weighted by Crippen LogP contribution is 2.33. The second kappa shape index (κ2) is 5.66. The van der Waals surface area contributed by atoms with Crippen LogP contribution in [0.4, 0.5) is 0 Å². The summed E-state index contributed by atoms with van der Waals surface area (Å²) in [6.45, 7) is 4.21. The van der Waals surface area contributed by atoms with Gasteiger partial charge in [-0.1, -0.05) is 47.1 Å². The molecule has 0 bridgehead atoms. The van der Waals surface area contributed by atoms with Crippen molar-refractivity contribution in [2.24, 2.45) is 5.73 Å². The zero-order valence-corrected chi connectivity index (χ0v) is 13.8. The topological polar surface area (TPSA) is 39.2 Å². The van der Waals surface area contributed by atoms with E-state index in [4.69, 9.17) is 10.2 Å². The van der Waals surface area contributed by atoms with E-state index in [1.54, 1.807) is 0 Å². The van der Waals surface area contributed by atoms with Crippen LogP contribution in [-0.4, -0.2) is 0 Å². The highest BCUT2D eigenvalue weighted by atomic mass is 79.9. The van der Waals surface area contributed by atoms with E-state index < -0.39 is 0 Å². The Morgan fingerprint density at radius 2 is 1.86 bits per heavy atom. The molecule has 21 heavy (non-hydrogen) atoms. The fourth-order valence-electron chi connectivity index (χ4n) is 2.62. The average Bonchev–Trinajstić information content (AvgIpc) is 2.83. The van der Waals surface area contributed by atoms with Crippen LogP contribution in [0, 0.1) is 6.92 Å². The number of fused-ring (bicyclic) bond motifs is 1. The molecule has 0 aliphatic rings. The van der Waals surface area contributed by atoms with Crippen molar-refractivity contribution in [2.45, 2.75) is 26.3 Å². The second-order valence-corrected chi connectivity index (χ2v) is 6.22. The van der Waals surface area contributed by atoms with Crippen LogP contribution in [0.2, 0.25) is 0 Å². The summed E-state index contributed by atoms with van der Waals surface area (Å²) in [6, 6.07) is 14.2. The van der Waals surface area contributed by atoms with Crippen LogP contribution in [0.3, 0.4) is 0 Å². The Kier molecular flexibility index (Phi) is 3.87. The summed E-state index contributed by atoms with van der Waals surface area (Å²) < 4.78 is 7.03. The Morgan fingerprint density at radius 1 is 1.14 bits per heavy atom. The molecule has 108 valence electrons. The summed E-state index contributed by atoms with van der Waals surface area (Å²) in [7, 11) is 0. The van der Waals surface area contributed by atoms with Gasteiger partial charge in [-0.3, -0.25) is 0 Å². The maximum Gasteiger partial charge on any atom is 0.134 e. The summed E-state index contributed by atoms with van der Waals surface area (Å²) in [5.74, 6) is 0.840. The van der Waals surface area contributed by atoms with E-state index in [1.807, 2.05) is 12.1 Å². The number of furan rings is 1. The standard InChI is InChI=1S/C18H18BrNO/c1-3-12-4-6-13(7-5-12)17(20)18-11(2)15-10-14(19)8-9-16(15)21-18/h4-10,17H,3,20H2,1-2H3. The minimum atomic E-state index is -0.234. The molecular formula is C18H18BrNO. The van der Waals surface area contributed by atoms with E-state index in [0.717, 1.165) is 38.7 Å². The third-order valence-corrected chi connectivity index (χ3v) is 4.46. The van der Waals surface area contributed by atoms with Gasteiger partial charge in [0.25, 0.3) is 0 Å². The molecule has 0 aliphatic carbocycles. The van der Waals surface area contributed by atoms with Gasteiger partial charge in [-0.25, -0.2) is 0 Å². The summed E-state index contributed by atoms with van der Waals surface area (Å²) in [6.07, 6.45) is 1.03. The van der Waals surface area contributed by atoms with Gasteiger partial charge in [0.1, 0.15) is 11.3 Å². The van der Waals surface area contributed by atoms with Crippen LogP contribution in [0.15, 0.2) is 51.4 Å². The van der Waals surface area contributed by atoms with Crippen LogP contribution in [-0.2, 0) is 6.42 Å². The molecule has 0 fully saturated rings. The van der Waals surface area contributed by atoms with Crippen LogP contribution in [0.5, 0.6) is 0 Å². The molecule has 0 spiro atoms. The van der Waals surface area contributed by atoms with Gasteiger partial charge in [0.2, 0.25) is 0 Å². The zero-order valence-electron chi connectivity index (χ0n) is 12.2. The third-order valence-electron chi connectivity index (χ3n) is 3.96. The van der Waals surface area contributed by atoms with Gasteiger partial charge in [-0.05, 0) is 42.7 Å². The lowest BCUT2D eigenvalue weighted by atomic mass is 10.00. The minimum absolute atomic E-state index is 0.234. The third kappa shape index (κ3) is 2.63. The largest absolute Gasteiger partial charge is 0.459 e. The molecule has 1 aromatic heterocycles. The molecule has 1 unspecified atom stereocenters. The summed E-state index contributed by atoms with van der Waals surface area (Å²) in [4.78, 5) is 0. The molecule has 3 rings (SSSR count). The van der Waals surface area contributed by atoms with Gasteiger partial charge < -0.3 is 10.2 Å². The van der Waals surface area contributed by atoms with Crippen molar-refractivity contribution >= 4 is 26.9 Å². The average molecular weight is 344 g/mol. The van der Waals surface area contributed by atoms with Gasteiger partial charge in [0, 0.05) is 15.4 Å². The zero-order chi connectivity index (χ0) is 15.0. The first-order chi connectivity index (χ1) is 10.1. The van der Waals surface area contributed by atoms with Crippen molar-refractivity contribution in [3.63, 3.8) is 0 Å². The Morgan fingerprint density at radius 3 is 2.52 bits per heavy atom. The van der Waals surface area contributed by atoms with E-state index in [-0.39, 0.29) is 6.04 Å². The number of aryl methyl sites for hydroxylation is 2. The monoisotopic (exact) mass is 343 g/mol. The molecular weight excluding hydrogens is 326 g/mol. The Bertz CT molecular complexity index is 774. The van der Waals surface area contributed by atoms with Crippen molar-refractivity contribution in [1.82, 2.24) is 0 Å². The maximum atomic E-state index is 6.41. The second-order valence-electron chi connectivity index (χ2n) is 5.30. The van der Waals surface area contributed by atoms with Crippen molar-refractivity contribution in [3.8, 4) is 0 Å². The molecule has 2 nitrogen and oxygen atoms in total. The van der Waals surface area contributed by atoms with Crippen molar-refractivity contribution in [2.75, 3.05) is 0 Å². The van der Waals surface area contributed by atoms with Crippen LogP contribution < -0.4 is 5.73 Å². The van der Waals surface area contributed by atoms with Crippen molar-refractivity contribution < 1.29 is 4.42 Å². The number of nitrogens with two attached hydrogens (primary N) is 1. The number of rotatable bonds is 3. The molecule has 2 N–H and O–H groups in total. The highest BCUT2D eigenvalue weighted by Gasteiger charge is 2.18. The summed E-state index contributed by atoms with van der Waals surface area (Å²) in [5, 5.41) is 1.11. The Hall–Kier alpha value is -1.58. The predicted molar refractivity (Wildman–Crippen MR) is 90.5 cm³/mol. The normalized spacial score (nSPS) is 12.8. The van der Waals surface area contributed by atoms with Gasteiger partial charge in [-0.15, -0.1) is 0 Å². The van der Waals surface area contributed by atoms with E-state index in [9.17, 15) is 0 Å². The van der Waals surface area contributed by atoms with Gasteiger partial charge in [0.05, 0.1) is 6.04 Å². The Labute approximate surface area is 133 Å². The van der Waals surface area contributed by atoms with E-state index in [0.29, 0.717) is 0 Å². The van der Waals surface area contributed by atoms with E-state index in [2.05, 4.69) is 60.1 Å². The molecule has 0 aliphatic heterocycles. The first-order valence-corrected chi connectivity index (χ1v) is 7.92.